The Morgan fingerprint density at radius 3 is 2.67 bits per heavy atom. The van der Waals surface area contributed by atoms with Crippen molar-refractivity contribution in [2.24, 2.45) is 0 Å². The summed E-state index contributed by atoms with van der Waals surface area (Å²) in [4.78, 5) is 17.3. The number of pyridine rings is 1. The molecule has 1 aliphatic heterocycles. The van der Waals surface area contributed by atoms with Crippen LogP contribution < -0.4 is 4.90 Å². The molecule has 1 saturated heterocycles. The van der Waals surface area contributed by atoms with E-state index in [0.29, 0.717) is 12.2 Å². The molecule has 1 N–H and O–H groups in total. The van der Waals surface area contributed by atoms with Gasteiger partial charge in [-0.25, -0.2) is 18.2 Å². The van der Waals surface area contributed by atoms with Gasteiger partial charge in [-0.2, -0.15) is 0 Å². The summed E-state index contributed by atoms with van der Waals surface area (Å²) in [7, 11) is -3.21. The first-order chi connectivity index (χ1) is 11.5. The van der Waals surface area contributed by atoms with Gasteiger partial charge in [0.25, 0.3) is 0 Å². The largest absolute Gasteiger partial charge is 0.478 e. The number of hydrogen-bond acceptors (Lipinski definition) is 5. The van der Waals surface area contributed by atoms with Crippen LogP contribution in [-0.4, -0.2) is 48.6 Å². The quantitative estimate of drug-likeness (QED) is 0.905. The highest BCUT2D eigenvalue weighted by molar-refractivity contribution is 7.92. The highest BCUT2D eigenvalue weighted by Gasteiger charge is 2.34. The number of aromatic carboxylic acids is 1. The number of carboxylic acid groups (broad SMARTS) is 1. The maximum absolute atomic E-state index is 12.4. The second kappa shape index (κ2) is 6.60. The van der Waals surface area contributed by atoms with Gasteiger partial charge in [-0.3, -0.25) is 0 Å². The molecule has 0 saturated carbocycles. The molecule has 2 heterocycles. The molecule has 1 aliphatic rings. The van der Waals surface area contributed by atoms with Crippen molar-refractivity contribution in [3.63, 3.8) is 0 Å². The molecule has 1 unspecified atom stereocenters. The van der Waals surface area contributed by atoms with Crippen molar-refractivity contribution >= 4 is 21.6 Å². The van der Waals surface area contributed by atoms with Gasteiger partial charge in [-0.15, -0.1) is 0 Å². The number of sulfone groups is 1. The first-order valence-corrected chi connectivity index (χ1v) is 9.37. The summed E-state index contributed by atoms with van der Waals surface area (Å²) in [6.45, 7) is 0.499. The van der Waals surface area contributed by atoms with Crippen LogP contribution in [0.5, 0.6) is 0 Å². The molecule has 2 aromatic rings. The van der Waals surface area contributed by atoms with Crippen LogP contribution in [0.4, 0.5) is 5.82 Å². The van der Waals surface area contributed by atoms with Crippen molar-refractivity contribution in [2.75, 3.05) is 23.7 Å². The monoisotopic (exact) mass is 346 g/mol. The van der Waals surface area contributed by atoms with Crippen molar-refractivity contribution < 1.29 is 18.3 Å². The Morgan fingerprint density at radius 1 is 1.21 bits per heavy atom. The van der Waals surface area contributed by atoms with Crippen molar-refractivity contribution in [1.29, 1.82) is 0 Å². The molecule has 0 bridgehead atoms. The zero-order valence-corrected chi connectivity index (χ0v) is 13.8. The van der Waals surface area contributed by atoms with E-state index in [9.17, 15) is 18.3 Å². The van der Waals surface area contributed by atoms with E-state index in [1.165, 1.54) is 12.3 Å². The van der Waals surface area contributed by atoms with Crippen LogP contribution in [0.25, 0.3) is 0 Å². The number of aromatic nitrogens is 1. The van der Waals surface area contributed by atoms with E-state index in [-0.39, 0.29) is 24.4 Å². The minimum Gasteiger partial charge on any atom is -0.478 e. The summed E-state index contributed by atoms with van der Waals surface area (Å²) in [5.41, 5.74) is 1.04. The molecule has 126 valence electrons. The number of anilines is 1. The fourth-order valence-electron chi connectivity index (χ4n) is 2.93. The zero-order chi connectivity index (χ0) is 17.2. The summed E-state index contributed by atoms with van der Waals surface area (Å²) in [6, 6.07) is 12.5. The lowest BCUT2D eigenvalue weighted by molar-refractivity contribution is 0.0697. The van der Waals surface area contributed by atoms with Crippen LogP contribution in [0.2, 0.25) is 0 Å². The topological polar surface area (TPSA) is 87.6 Å². The number of hydrogen-bond donors (Lipinski definition) is 1. The number of benzene rings is 1. The highest BCUT2D eigenvalue weighted by Crippen LogP contribution is 2.24. The van der Waals surface area contributed by atoms with Crippen LogP contribution in [0.3, 0.4) is 0 Å². The third-order valence-electron chi connectivity index (χ3n) is 4.20. The van der Waals surface area contributed by atoms with E-state index in [1.54, 1.807) is 11.0 Å². The smallest absolute Gasteiger partial charge is 0.339 e. The van der Waals surface area contributed by atoms with Gasteiger partial charge in [-0.1, -0.05) is 30.3 Å². The van der Waals surface area contributed by atoms with Gasteiger partial charge in [0.2, 0.25) is 0 Å². The SMILES string of the molecule is O=C(O)c1cccnc1N1CCS(=O)(=O)C(Cc2ccccc2)C1. The van der Waals surface area contributed by atoms with Gasteiger partial charge in [0.15, 0.2) is 9.84 Å². The average Bonchev–Trinajstić information content (AvgIpc) is 2.57. The Hall–Kier alpha value is -2.41. The fraction of sp³-hybridized carbons (Fsp3) is 0.294. The third-order valence-corrected chi connectivity index (χ3v) is 6.28. The number of rotatable bonds is 4. The van der Waals surface area contributed by atoms with E-state index in [0.717, 1.165) is 5.56 Å². The molecule has 0 spiro atoms. The molecule has 3 rings (SSSR count). The molecular formula is C17H18N2O4S. The van der Waals surface area contributed by atoms with Crippen LogP contribution in [0.15, 0.2) is 48.7 Å². The first kappa shape index (κ1) is 16.4. The van der Waals surface area contributed by atoms with Gasteiger partial charge in [0, 0.05) is 19.3 Å². The molecular weight excluding hydrogens is 328 g/mol. The second-order valence-electron chi connectivity index (χ2n) is 5.80. The summed E-state index contributed by atoms with van der Waals surface area (Å²) in [5, 5.41) is 8.74. The Kier molecular flexibility index (Phi) is 4.53. The molecule has 0 radical (unpaired) electrons. The van der Waals surface area contributed by atoms with E-state index >= 15 is 0 Å². The molecule has 1 aromatic heterocycles. The van der Waals surface area contributed by atoms with Crippen LogP contribution in [-0.2, 0) is 16.3 Å². The predicted octanol–water partition coefficient (Wildman–Crippen LogP) is 1.63. The summed E-state index contributed by atoms with van der Waals surface area (Å²) in [5.74, 6) is -0.732. The zero-order valence-electron chi connectivity index (χ0n) is 13.0. The maximum Gasteiger partial charge on any atom is 0.339 e. The molecule has 1 aromatic carbocycles. The Balaban J connectivity index is 1.87. The molecule has 1 fully saturated rings. The average molecular weight is 346 g/mol. The molecule has 1 atom stereocenters. The van der Waals surface area contributed by atoms with Crippen molar-refractivity contribution in [2.45, 2.75) is 11.7 Å². The fourth-order valence-corrected chi connectivity index (χ4v) is 4.59. The number of carbonyl (C=O) groups is 1. The standard InChI is InChI=1S/C17H18N2O4S/c20-17(21)15-7-4-8-18-16(15)19-9-10-24(22,23)14(12-19)11-13-5-2-1-3-6-13/h1-8,14H,9-12H2,(H,20,21). The van der Waals surface area contributed by atoms with Crippen LogP contribution >= 0.6 is 0 Å². The molecule has 0 aliphatic carbocycles. The predicted molar refractivity (Wildman–Crippen MR) is 91.1 cm³/mol. The van der Waals surface area contributed by atoms with E-state index in [2.05, 4.69) is 4.98 Å². The lowest BCUT2D eigenvalue weighted by Crippen LogP contribution is -2.48. The van der Waals surface area contributed by atoms with Crippen molar-refractivity contribution in [3.8, 4) is 0 Å². The normalized spacial score (nSPS) is 19.8. The summed E-state index contributed by atoms with van der Waals surface area (Å²) in [6.07, 6.45) is 1.94. The van der Waals surface area contributed by atoms with E-state index < -0.39 is 21.1 Å². The number of carboxylic acids is 1. The van der Waals surface area contributed by atoms with E-state index in [1.807, 2.05) is 30.3 Å². The summed E-state index contributed by atoms with van der Waals surface area (Å²) >= 11 is 0. The molecule has 0 amide bonds. The van der Waals surface area contributed by atoms with Crippen molar-refractivity contribution in [3.05, 3.63) is 59.8 Å². The minimum absolute atomic E-state index is 0.000133. The van der Waals surface area contributed by atoms with Gasteiger partial charge >= 0.3 is 5.97 Å². The maximum atomic E-state index is 12.4. The first-order valence-electron chi connectivity index (χ1n) is 7.66. The third kappa shape index (κ3) is 3.41. The van der Waals surface area contributed by atoms with Gasteiger partial charge < -0.3 is 10.0 Å². The summed E-state index contributed by atoms with van der Waals surface area (Å²) < 4.78 is 24.8. The van der Waals surface area contributed by atoms with Gasteiger partial charge in [-0.05, 0) is 24.1 Å². The Labute approximate surface area is 140 Å². The molecule has 7 heteroatoms. The highest BCUT2D eigenvalue weighted by atomic mass is 32.2. The van der Waals surface area contributed by atoms with Crippen LogP contribution in [0.1, 0.15) is 15.9 Å². The van der Waals surface area contributed by atoms with Crippen LogP contribution in [0, 0.1) is 0 Å². The Bertz CT molecular complexity index is 837. The second-order valence-corrected chi connectivity index (χ2v) is 8.21. The van der Waals surface area contributed by atoms with Crippen molar-refractivity contribution in [1.82, 2.24) is 4.98 Å². The lowest BCUT2D eigenvalue weighted by atomic mass is 10.1. The minimum atomic E-state index is -3.21. The van der Waals surface area contributed by atoms with Gasteiger partial charge in [0.1, 0.15) is 11.4 Å². The van der Waals surface area contributed by atoms with E-state index in [4.69, 9.17) is 0 Å². The Morgan fingerprint density at radius 2 is 1.96 bits per heavy atom. The molecule has 24 heavy (non-hydrogen) atoms. The molecule has 6 nitrogen and oxygen atoms in total. The van der Waals surface area contributed by atoms with Gasteiger partial charge in [0.05, 0.1) is 11.0 Å². The number of nitrogens with zero attached hydrogens (tertiary/aromatic N) is 2. The lowest BCUT2D eigenvalue weighted by Gasteiger charge is -2.34.